The molecule has 1 N–H and O–H groups in total. The van der Waals surface area contributed by atoms with Crippen molar-refractivity contribution in [1.82, 2.24) is 15.0 Å². The van der Waals surface area contributed by atoms with Crippen LogP contribution in [0.15, 0.2) is 28.9 Å². The summed E-state index contributed by atoms with van der Waals surface area (Å²) < 4.78 is 5.06. The highest BCUT2D eigenvalue weighted by Gasteiger charge is 2.39. The van der Waals surface area contributed by atoms with Crippen molar-refractivity contribution in [1.29, 1.82) is 0 Å². The molecule has 1 atom stereocenters. The Balaban J connectivity index is 1.68. The second-order valence-electron chi connectivity index (χ2n) is 6.44. The van der Waals surface area contributed by atoms with Crippen LogP contribution in [0, 0.1) is 13.8 Å². The predicted octanol–water partition coefficient (Wildman–Crippen LogP) is 1.40. The molecule has 7 heteroatoms. The molecule has 2 aromatic rings. The summed E-state index contributed by atoms with van der Waals surface area (Å²) in [6.07, 6.45) is 2.32. The van der Waals surface area contributed by atoms with Crippen LogP contribution in [0.4, 0.5) is 5.82 Å². The summed E-state index contributed by atoms with van der Waals surface area (Å²) in [6, 6.07) is 5.71. The molecule has 2 aromatic heterocycles. The SMILES string of the molecule is Cc1noc(C)c1C(=O)N(C)C[C@@]1(O)CCN(c2ccccn2)C1. The van der Waals surface area contributed by atoms with Crippen molar-refractivity contribution in [3.63, 3.8) is 0 Å². The fraction of sp³-hybridized carbons (Fsp3) is 0.471. The molecule has 0 bridgehead atoms. The van der Waals surface area contributed by atoms with E-state index in [1.54, 1.807) is 27.1 Å². The van der Waals surface area contributed by atoms with Crippen LogP contribution in [0.25, 0.3) is 0 Å². The molecule has 3 rings (SSSR count). The number of pyridine rings is 1. The third-order valence-corrected chi connectivity index (χ3v) is 4.43. The van der Waals surface area contributed by atoms with Gasteiger partial charge in [0.05, 0.1) is 12.2 Å². The van der Waals surface area contributed by atoms with Crippen LogP contribution in [0.2, 0.25) is 0 Å². The van der Waals surface area contributed by atoms with Crippen molar-refractivity contribution in [2.24, 2.45) is 0 Å². The zero-order valence-electron chi connectivity index (χ0n) is 14.2. The monoisotopic (exact) mass is 330 g/mol. The van der Waals surface area contributed by atoms with E-state index in [-0.39, 0.29) is 12.5 Å². The number of hydrogen-bond donors (Lipinski definition) is 1. The first kappa shape index (κ1) is 16.4. The number of nitrogens with zero attached hydrogens (tertiary/aromatic N) is 4. The van der Waals surface area contributed by atoms with Crippen LogP contribution in [0.5, 0.6) is 0 Å². The molecular formula is C17H22N4O3. The molecular weight excluding hydrogens is 308 g/mol. The minimum atomic E-state index is -0.957. The van der Waals surface area contributed by atoms with E-state index in [0.717, 1.165) is 5.82 Å². The van der Waals surface area contributed by atoms with E-state index >= 15 is 0 Å². The van der Waals surface area contributed by atoms with Crippen LogP contribution in [-0.2, 0) is 0 Å². The number of rotatable bonds is 4. The van der Waals surface area contributed by atoms with E-state index in [0.29, 0.717) is 36.5 Å². The lowest BCUT2D eigenvalue weighted by Crippen LogP contribution is -2.46. The summed E-state index contributed by atoms with van der Waals surface area (Å²) in [5, 5.41) is 14.7. The quantitative estimate of drug-likeness (QED) is 0.912. The molecule has 0 unspecified atom stereocenters. The van der Waals surface area contributed by atoms with Gasteiger partial charge in [-0.1, -0.05) is 11.2 Å². The van der Waals surface area contributed by atoms with Gasteiger partial charge < -0.3 is 19.4 Å². The maximum Gasteiger partial charge on any atom is 0.259 e. The van der Waals surface area contributed by atoms with Gasteiger partial charge in [0.15, 0.2) is 0 Å². The number of aryl methyl sites for hydroxylation is 2. The fourth-order valence-corrected chi connectivity index (χ4v) is 3.21. The maximum absolute atomic E-state index is 12.6. The molecule has 1 saturated heterocycles. The minimum absolute atomic E-state index is 0.184. The summed E-state index contributed by atoms with van der Waals surface area (Å²) in [7, 11) is 1.69. The smallest absolute Gasteiger partial charge is 0.259 e. The average molecular weight is 330 g/mol. The number of β-amino-alcohol motifs (C(OH)–C–C–N with tert-alkyl or cyclic N) is 1. The zero-order chi connectivity index (χ0) is 17.3. The van der Waals surface area contributed by atoms with E-state index in [4.69, 9.17) is 4.52 Å². The molecule has 1 aliphatic rings. The highest BCUT2D eigenvalue weighted by Crippen LogP contribution is 2.26. The first-order valence-electron chi connectivity index (χ1n) is 7.96. The normalized spacial score (nSPS) is 20.4. The number of carbonyl (C=O) groups is 1. The highest BCUT2D eigenvalue weighted by atomic mass is 16.5. The lowest BCUT2D eigenvalue weighted by Gasteiger charge is -2.29. The van der Waals surface area contributed by atoms with Crippen LogP contribution >= 0.6 is 0 Å². The largest absolute Gasteiger partial charge is 0.386 e. The number of hydrogen-bond acceptors (Lipinski definition) is 6. The topological polar surface area (TPSA) is 82.7 Å². The molecule has 0 radical (unpaired) electrons. The summed E-state index contributed by atoms with van der Waals surface area (Å²) in [5.74, 6) is 1.15. The van der Waals surface area contributed by atoms with Gasteiger partial charge in [-0.3, -0.25) is 4.79 Å². The highest BCUT2D eigenvalue weighted by molar-refractivity contribution is 5.96. The number of likely N-dealkylation sites (N-methyl/N-ethyl adjacent to an activating group) is 1. The number of amides is 1. The number of aliphatic hydroxyl groups is 1. The van der Waals surface area contributed by atoms with E-state index in [9.17, 15) is 9.90 Å². The molecule has 24 heavy (non-hydrogen) atoms. The number of aromatic nitrogens is 2. The molecule has 1 amide bonds. The second kappa shape index (κ2) is 6.24. The Labute approximate surface area is 140 Å². The van der Waals surface area contributed by atoms with Gasteiger partial charge in [0.2, 0.25) is 0 Å². The molecule has 1 fully saturated rings. The predicted molar refractivity (Wildman–Crippen MR) is 89.0 cm³/mol. The van der Waals surface area contributed by atoms with Crippen molar-refractivity contribution < 1.29 is 14.4 Å². The van der Waals surface area contributed by atoms with Crippen molar-refractivity contribution >= 4 is 11.7 Å². The van der Waals surface area contributed by atoms with Crippen molar-refractivity contribution in [3.05, 3.63) is 41.4 Å². The number of anilines is 1. The third-order valence-electron chi connectivity index (χ3n) is 4.43. The number of carbonyl (C=O) groups excluding carboxylic acids is 1. The van der Waals surface area contributed by atoms with Crippen LogP contribution < -0.4 is 4.90 Å². The Hall–Kier alpha value is -2.41. The van der Waals surface area contributed by atoms with Gasteiger partial charge in [-0.15, -0.1) is 0 Å². The van der Waals surface area contributed by atoms with Crippen molar-refractivity contribution in [2.45, 2.75) is 25.9 Å². The van der Waals surface area contributed by atoms with E-state index in [2.05, 4.69) is 10.1 Å². The van der Waals surface area contributed by atoms with Gasteiger partial charge in [-0.2, -0.15) is 0 Å². The molecule has 1 aliphatic heterocycles. The summed E-state index contributed by atoms with van der Waals surface area (Å²) in [5.41, 5.74) is 0.0829. The molecule has 3 heterocycles. The van der Waals surface area contributed by atoms with Crippen LogP contribution in [0.3, 0.4) is 0 Å². The van der Waals surface area contributed by atoms with Crippen molar-refractivity contribution in [3.8, 4) is 0 Å². The summed E-state index contributed by atoms with van der Waals surface area (Å²) >= 11 is 0. The third kappa shape index (κ3) is 3.12. The van der Waals surface area contributed by atoms with E-state index in [1.807, 2.05) is 23.1 Å². The first-order valence-corrected chi connectivity index (χ1v) is 7.96. The van der Waals surface area contributed by atoms with E-state index in [1.165, 1.54) is 4.90 Å². The van der Waals surface area contributed by atoms with Gasteiger partial charge >= 0.3 is 0 Å². The van der Waals surface area contributed by atoms with Gasteiger partial charge in [-0.05, 0) is 32.4 Å². The molecule has 128 valence electrons. The molecule has 0 aromatic carbocycles. The second-order valence-corrected chi connectivity index (χ2v) is 6.44. The molecule has 0 spiro atoms. The Morgan fingerprint density at radius 2 is 2.25 bits per heavy atom. The van der Waals surface area contributed by atoms with Gasteiger partial charge in [0.25, 0.3) is 5.91 Å². The average Bonchev–Trinajstić information content (AvgIpc) is 3.10. The Kier molecular flexibility index (Phi) is 4.28. The fourth-order valence-electron chi connectivity index (χ4n) is 3.21. The van der Waals surface area contributed by atoms with Crippen molar-refractivity contribution in [2.75, 3.05) is 31.6 Å². The van der Waals surface area contributed by atoms with Gasteiger partial charge in [0, 0.05) is 26.3 Å². The maximum atomic E-state index is 12.6. The Morgan fingerprint density at radius 1 is 1.46 bits per heavy atom. The lowest BCUT2D eigenvalue weighted by molar-refractivity contribution is 0.0263. The molecule has 0 aliphatic carbocycles. The Bertz CT molecular complexity index is 711. The van der Waals surface area contributed by atoms with Crippen LogP contribution in [0.1, 0.15) is 28.2 Å². The van der Waals surface area contributed by atoms with Gasteiger partial charge in [-0.25, -0.2) is 4.98 Å². The van der Waals surface area contributed by atoms with E-state index < -0.39 is 5.60 Å². The first-order chi connectivity index (χ1) is 11.4. The van der Waals surface area contributed by atoms with Crippen LogP contribution in [-0.4, -0.2) is 58.3 Å². The zero-order valence-corrected chi connectivity index (χ0v) is 14.2. The van der Waals surface area contributed by atoms with Gasteiger partial charge in [0.1, 0.15) is 22.7 Å². The lowest BCUT2D eigenvalue weighted by atomic mass is 10.0. The molecule has 0 saturated carbocycles. The molecule has 7 nitrogen and oxygen atoms in total. The summed E-state index contributed by atoms with van der Waals surface area (Å²) in [4.78, 5) is 20.5. The standard InChI is InChI=1S/C17H22N4O3/c1-12-15(13(2)24-19-12)16(22)20(3)10-17(23)7-9-21(11-17)14-6-4-5-8-18-14/h4-6,8,23H,7,9-11H2,1-3H3/t17-/m0/s1. The Morgan fingerprint density at radius 3 is 2.88 bits per heavy atom. The minimum Gasteiger partial charge on any atom is -0.386 e. The summed E-state index contributed by atoms with van der Waals surface area (Å²) in [6.45, 7) is 4.86.